The Hall–Kier alpha value is -1.76. The van der Waals surface area contributed by atoms with Crippen LogP contribution in [0.4, 0.5) is 5.82 Å². The number of aryl methyl sites for hydroxylation is 2. The molecule has 0 atom stereocenters. The standard InChI is InChI=1S/C26H39N5S/c1-5-12-29(13-6-2)14-15-30-16-18-31(19-17-30)25-23-21-10-8-7-9-11-22(21)32-26(23)28-24(27-25)20(3)4/h5-6,20H,1-2,7-19H2,3-4H3. The zero-order valence-electron chi connectivity index (χ0n) is 20.0. The van der Waals surface area contributed by atoms with E-state index in [0.717, 1.165) is 58.2 Å². The summed E-state index contributed by atoms with van der Waals surface area (Å²) in [5.74, 6) is 2.55. The number of hydrogen-bond donors (Lipinski definition) is 0. The monoisotopic (exact) mass is 453 g/mol. The molecule has 2 aromatic heterocycles. The van der Waals surface area contributed by atoms with Crippen molar-refractivity contribution in [3.63, 3.8) is 0 Å². The molecule has 2 aliphatic rings. The molecule has 5 nitrogen and oxygen atoms in total. The van der Waals surface area contributed by atoms with Gasteiger partial charge in [0.2, 0.25) is 0 Å². The molecule has 1 fully saturated rings. The maximum Gasteiger partial charge on any atom is 0.141 e. The highest BCUT2D eigenvalue weighted by atomic mass is 32.1. The van der Waals surface area contributed by atoms with E-state index in [1.807, 2.05) is 23.5 Å². The van der Waals surface area contributed by atoms with E-state index in [4.69, 9.17) is 9.97 Å². The number of piperazine rings is 1. The van der Waals surface area contributed by atoms with Gasteiger partial charge in [0.15, 0.2) is 0 Å². The number of nitrogens with zero attached hydrogens (tertiary/aromatic N) is 5. The van der Waals surface area contributed by atoms with Crippen LogP contribution in [0.3, 0.4) is 0 Å². The maximum atomic E-state index is 5.16. The molecule has 0 saturated carbocycles. The molecule has 0 N–H and O–H groups in total. The average molecular weight is 454 g/mol. The van der Waals surface area contributed by atoms with Gasteiger partial charge in [-0.2, -0.15) is 0 Å². The third-order valence-electron chi connectivity index (χ3n) is 6.76. The lowest BCUT2D eigenvalue weighted by molar-refractivity contribution is 0.214. The zero-order valence-corrected chi connectivity index (χ0v) is 20.8. The Bertz CT molecular complexity index is 916. The molecule has 0 spiro atoms. The van der Waals surface area contributed by atoms with Gasteiger partial charge in [0.1, 0.15) is 16.5 Å². The predicted molar refractivity (Wildman–Crippen MR) is 138 cm³/mol. The Labute approximate surface area is 197 Å². The van der Waals surface area contributed by atoms with Crippen LogP contribution >= 0.6 is 11.3 Å². The first kappa shape index (κ1) is 23.4. The second kappa shape index (κ2) is 10.9. The maximum absolute atomic E-state index is 5.16. The van der Waals surface area contributed by atoms with Gasteiger partial charge < -0.3 is 4.90 Å². The van der Waals surface area contributed by atoms with E-state index in [0.29, 0.717) is 5.92 Å². The van der Waals surface area contributed by atoms with Crippen molar-refractivity contribution in [2.75, 3.05) is 57.3 Å². The molecule has 32 heavy (non-hydrogen) atoms. The highest BCUT2D eigenvalue weighted by molar-refractivity contribution is 7.19. The second-order valence-electron chi connectivity index (χ2n) is 9.47. The average Bonchev–Trinajstić information content (AvgIpc) is 2.98. The van der Waals surface area contributed by atoms with Crippen LogP contribution in [-0.4, -0.2) is 72.1 Å². The van der Waals surface area contributed by atoms with Gasteiger partial charge in [-0.05, 0) is 31.2 Å². The summed E-state index contributed by atoms with van der Waals surface area (Å²) < 4.78 is 0. The minimum Gasteiger partial charge on any atom is -0.353 e. The third kappa shape index (κ3) is 5.24. The fourth-order valence-corrected chi connectivity index (χ4v) is 6.17. The molecule has 2 aromatic rings. The van der Waals surface area contributed by atoms with Crippen molar-refractivity contribution in [3.8, 4) is 0 Å². The summed E-state index contributed by atoms with van der Waals surface area (Å²) in [6, 6.07) is 0. The first-order chi connectivity index (χ1) is 15.6. The molecule has 6 heteroatoms. The molecule has 4 rings (SSSR count). The lowest BCUT2D eigenvalue weighted by Gasteiger charge is -2.36. The second-order valence-corrected chi connectivity index (χ2v) is 10.6. The molecule has 1 aliphatic carbocycles. The van der Waals surface area contributed by atoms with Gasteiger partial charge in [0, 0.05) is 63.2 Å². The fraction of sp³-hybridized carbons (Fsp3) is 0.615. The molecule has 0 unspecified atom stereocenters. The van der Waals surface area contributed by atoms with Crippen molar-refractivity contribution in [2.45, 2.75) is 51.9 Å². The smallest absolute Gasteiger partial charge is 0.141 e. The van der Waals surface area contributed by atoms with Gasteiger partial charge in [-0.15, -0.1) is 24.5 Å². The third-order valence-corrected chi connectivity index (χ3v) is 7.94. The highest BCUT2D eigenvalue weighted by Crippen LogP contribution is 2.40. The Morgan fingerprint density at radius 1 is 1.00 bits per heavy atom. The Kier molecular flexibility index (Phi) is 7.98. The summed E-state index contributed by atoms with van der Waals surface area (Å²) in [4.78, 5) is 20.5. The predicted octanol–water partition coefficient (Wildman–Crippen LogP) is 4.88. The number of fused-ring (bicyclic) bond motifs is 3. The van der Waals surface area contributed by atoms with Crippen LogP contribution in [0, 0.1) is 0 Å². The van der Waals surface area contributed by atoms with Crippen molar-refractivity contribution < 1.29 is 0 Å². The van der Waals surface area contributed by atoms with Crippen LogP contribution < -0.4 is 4.90 Å². The zero-order chi connectivity index (χ0) is 22.5. The van der Waals surface area contributed by atoms with Gasteiger partial charge in [0.25, 0.3) is 0 Å². The van der Waals surface area contributed by atoms with Crippen molar-refractivity contribution in [3.05, 3.63) is 41.6 Å². The van der Waals surface area contributed by atoms with Crippen molar-refractivity contribution in [1.82, 2.24) is 19.8 Å². The number of anilines is 1. The number of aromatic nitrogens is 2. The molecule has 1 aliphatic heterocycles. The van der Waals surface area contributed by atoms with Gasteiger partial charge in [-0.3, -0.25) is 9.80 Å². The highest BCUT2D eigenvalue weighted by Gasteiger charge is 2.26. The summed E-state index contributed by atoms with van der Waals surface area (Å²) in [5.41, 5.74) is 1.56. The van der Waals surface area contributed by atoms with Crippen molar-refractivity contribution in [1.29, 1.82) is 0 Å². The quantitative estimate of drug-likeness (QED) is 0.399. The summed E-state index contributed by atoms with van der Waals surface area (Å²) in [6.45, 7) is 20.5. The largest absolute Gasteiger partial charge is 0.353 e. The Morgan fingerprint density at radius 3 is 2.41 bits per heavy atom. The lowest BCUT2D eigenvalue weighted by Crippen LogP contribution is -2.49. The normalized spacial score (nSPS) is 17.7. The fourth-order valence-electron chi connectivity index (χ4n) is 4.91. The molecular weight excluding hydrogens is 414 g/mol. The lowest BCUT2D eigenvalue weighted by atomic mass is 10.1. The van der Waals surface area contributed by atoms with Crippen molar-refractivity contribution in [2.24, 2.45) is 0 Å². The van der Waals surface area contributed by atoms with E-state index in [1.54, 1.807) is 10.4 Å². The minimum atomic E-state index is 0.349. The van der Waals surface area contributed by atoms with Crippen molar-refractivity contribution >= 4 is 27.4 Å². The number of hydrogen-bond acceptors (Lipinski definition) is 6. The molecule has 174 valence electrons. The summed E-state index contributed by atoms with van der Waals surface area (Å²) >= 11 is 1.93. The topological polar surface area (TPSA) is 35.5 Å². The van der Waals surface area contributed by atoms with Crippen LogP contribution in [0.25, 0.3) is 10.2 Å². The molecule has 0 amide bonds. The van der Waals surface area contributed by atoms with Gasteiger partial charge >= 0.3 is 0 Å². The molecular formula is C26H39N5S. The van der Waals surface area contributed by atoms with E-state index >= 15 is 0 Å². The van der Waals surface area contributed by atoms with E-state index in [-0.39, 0.29) is 0 Å². The van der Waals surface area contributed by atoms with Gasteiger partial charge in [-0.1, -0.05) is 32.4 Å². The van der Waals surface area contributed by atoms with Crippen LogP contribution in [0.15, 0.2) is 25.3 Å². The summed E-state index contributed by atoms with van der Waals surface area (Å²) in [5, 5.41) is 1.37. The minimum absolute atomic E-state index is 0.349. The summed E-state index contributed by atoms with van der Waals surface area (Å²) in [7, 11) is 0. The molecule has 0 bridgehead atoms. The summed E-state index contributed by atoms with van der Waals surface area (Å²) in [6.07, 6.45) is 10.3. The number of rotatable bonds is 9. The van der Waals surface area contributed by atoms with E-state index < -0.39 is 0 Å². The Balaban J connectivity index is 1.51. The van der Waals surface area contributed by atoms with Gasteiger partial charge in [0.05, 0.1) is 5.39 Å². The van der Waals surface area contributed by atoms with Crippen LogP contribution in [0.5, 0.6) is 0 Å². The van der Waals surface area contributed by atoms with Crippen LogP contribution in [0.1, 0.15) is 55.3 Å². The molecule has 0 aromatic carbocycles. The first-order valence-corrected chi connectivity index (χ1v) is 13.2. The molecule has 1 saturated heterocycles. The van der Waals surface area contributed by atoms with E-state index in [1.165, 1.54) is 48.1 Å². The van der Waals surface area contributed by atoms with E-state index in [2.05, 4.69) is 41.7 Å². The van der Waals surface area contributed by atoms with Gasteiger partial charge in [-0.25, -0.2) is 9.97 Å². The molecule has 3 heterocycles. The molecule has 0 radical (unpaired) electrons. The van der Waals surface area contributed by atoms with Crippen LogP contribution in [0.2, 0.25) is 0 Å². The SMILES string of the molecule is C=CCN(CC=C)CCN1CCN(c2nc(C(C)C)nc3sc4c(c23)CCCCC4)CC1. The first-order valence-electron chi connectivity index (χ1n) is 12.3. The number of thiophene rings is 1. The Morgan fingerprint density at radius 2 is 1.72 bits per heavy atom. The van der Waals surface area contributed by atoms with Crippen LogP contribution in [-0.2, 0) is 12.8 Å². The van der Waals surface area contributed by atoms with E-state index in [9.17, 15) is 0 Å².